The molecule has 0 unspecified atom stereocenters. The summed E-state index contributed by atoms with van der Waals surface area (Å²) in [4.78, 5) is 24.7. The van der Waals surface area contributed by atoms with Gasteiger partial charge in [0, 0.05) is 36.0 Å². The van der Waals surface area contributed by atoms with Crippen molar-refractivity contribution in [2.75, 3.05) is 10.5 Å². The van der Waals surface area contributed by atoms with Crippen molar-refractivity contribution in [3.8, 4) is 11.3 Å². The van der Waals surface area contributed by atoms with Crippen LogP contribution in [0.15, 0.2) is 53.8 Å². The molecular weight excluding hydrogens is 471 g/mol. The van der Waals surface area contributed by atoms with Gasteiger partial charge in [0.2, 0.25) is 10.0 Å². The summed E-state index contributed by atoms with van der Waals surface area (Å²) >= 11 is 0. The minimum atomic E-state index is -3.62. The van der Waals surface area contributed by atoms with Crippen LogP contribution in [-0.2, 0) is 23.6 Å². The molecule has 0 saturated carbocycles. The number of imidazole rings is 1. The van der Waals surface area contributed by atoms with Gasteiger partial charge in [0.25, 0.3) is 5.56 Å². The van der Waals surface area contributed by atoms with Gasteiger partial charge in [0.15, 0.2) is 5.65 Å². The lowest BCUT2D eigenvalue weighted by molar-refractivity contribution is 0.600. The zero-order valence-corrected chi connectivity index (χ0v) is 20.1. The average Bonchev–Trinajstić information content (AvgIpc) is 3.46. The Morgan fingerprint density at radius 1 is 1.20 bits per heavy atom. The monoisotopic (exact) mass is 494 g/mol. The molecule has 0 spiro atoms. The first-order valence-electron chi connectivity index (χ1n) is 11.0. The fourth-order valence-corrected chi connectivity index (χ4v) is 4.72. The molecule has 0 bridgehead atoms. The number of aryl methyl sites for hydroxylation is 2. The fourth-order valence-electron chi connectivity index (χ4n) is 4.09. The zero-order valence-electron chi connectivity index (χ0n) is 19.3. The molecule has 0 atom stereocenters. The standard InChI is InChI=1S/C24H23FN6O3S/c1-4-35(33,34)29-20-10-19(17-12-30(3)24(32)21-16(17)7-8-26-21)28-23-22(20)27-13-31(23)11-15-9-14(2)5-6-18(15)25/h5-10,12-13,26H,4,11H2,1-3H3,(H,28,29). The van der Waals surface area contributed by atoms with Crippen LogP contribution < -0.4 is 10.3 Å². The first-order valence-corrected chi connectivity index (χ1v) is 12.6. The quantitative estimate of drug-likeness (QED) is 0.375. The summed E-state index contributed by atoms with van der Waals surface area (Å²) in [7, 11) is -1.98. The van der Waals surface area contributed by atoms with E-state index in [9.17, 15) is 17.6 Å². The number of anilines is 1. The largest absolute Gasteiger partial charge is 0.357 e. The number of rotatable bonds is 6. The highest BCUT2D eigenvalue weighted by molar-refractivity contribution is 7.92. The minimum Gasteiger partial charge on any atom is -0.357 e. The molecule has 0 radical (unpaired) electrons. The van der Waals surface area contributed by atoms with E-state index in [0.29, 0.717) is 38.9 Å². The molecule has 0 aliphatic carbocycles. The first kappa shape index (κ1) is 22.8. The Morgan fingerprint density at radius 2 is 2.00 bits per heavy atom. The highest BCUT2D eigenvalue weighted by Gasteiger charge is 2.19. The lowest BCUT2D eigenvalue weighted by atomic mass is 10.1. The number of hydrogen-bond acceptors (Lipinski definition) is 5. The molecular formula is C24H23FN6O3S. The maximum absolute atomic E-state index is 14.5. The van der Waals surface area contributed by atoms with Gasteiger partial charge >= 0.3 is 0 Å². The Bertz CT molecular complexity index is 1770. The van der Waals surface area contributed by atoms with Gasteiger partial charge in [0.05, 0.1) is 30.0 Å². The van der Waals surface area contributed by atoms with Gasteiger partial charge in [0.1, 0.15) is 16.9 Å². The molecule has 5 aromatic rings. The highest BCUT2D eigenvalue weighted by Crippen LogP contribution is 2.32. The average molecular weight is 495 g/mol. The molecule has 0 aliphatic heterocycles. The molecule has 35 heavy (non-hydrogen) atoms. The summed E-state index contributed by atoms with van der Waals surface area (Å²) in [6.45, 7) is 3.58. The third kappa shape index (κ3) is 4.08. The number of nitrogens with zero attached hydrogens (tertiary/aromatic N) is 4. The summed E-state index contributed by atoms with van der Waals surface area (Å²) in [6, 6.07) is 8.24. The Morgan fingerprint density at radius 3 is 2.77 bits per heavy atom. The number of halogens is 1. The van der Waals surface area contributed by atoms with Gasteiger partial charge in [-0.1, -0.05) is 17.7 Å². The van der Waals surface area contributed by atoms with E-state index in [-0.39, 0.29) is 29.4 Å². The molecule has 11 heteroatoms. The number of fused-ring (bicyclic) bond motifs is 2. The van der Waals surface area contributed by atoms with Crippen LogP contribution in [0.1, 0.15) is 18.1 Å². The molecule has 5 rings (SSSR count). The second-order valence-corrected chi connectivity index (χ2v) is 10.4. The SMILES string of the molecule is CCS(=O)(=O)Nc1cc(-c2cn(C)c(=O)c3[nH]ccc23)nc2c1ncn2Cc1cc(C)ccc1F. The van der Waals surface area contributed by atoms with E-state index >= 15 is 0 Å². The Balaban J connectivity index is 1.76. The molecule has 4 aromatic heterocycles. The molecule has 0 amide bonds. The number of pyridine rings is 2. The molecule has 0 saturated heterocycles. The van der Waals surface area contributed by atoms with Crippen molar-refractivity contribution in [3.05, 3.63) is 76.4 Å². The number of nitrogens with one attached hydrogen (secondary N) is 2. The van der Waals surface area contributed by atoms with Crippen molar-refractivity contribution in [2.24, 2.45) is 7.05 Å². The van der Waals surface area contributed by atoms with Crippen molar-refractivity contribution in [2.45, 2.75) is 20.4 Å². The highest BCUT2D eigenvalue weighted by atomic mass is 32.2. The van der Waals surface area contributed by atoms with Crippen LogP contribution in [0.2, 0.25) is 0 Å². The summed E-state index contributed by atoms with van der Waals surface area (Å²) < 4.78 is 45.1. The van der Waals surface area contributed by atoms with E-state index in [1.807, 2.05) is 6.92 Å². The molecule has 0 aliphatic rings. The topological polar surface area (TPSA) is 115 Å². The Kier molecular flexibility index (Phi) is 5.43. The number of H-pyrrole nitrogens is 1. The maximum Gasteiger partial charge on any atom is 0.274 e. The van der Waals surface area contributed by atoms with E-state index < -0.39 is 10.0 Å². The second-order valence-electron chi connectivity index (χ2n) is 8.43. The summed E-state index contributed by atoms with van der Waals surface area (Å²) in [5.41, 5.74) is 3.66. The van der Waals surface area contributed by atoms with Gasteiger partial charge in [-0.05, 0) is 32.0 Å². The maximum atomic E-state index is 14.5. The third-order valence-electron chi connectivity index (χ3n) is 5.93. The van der Waals surface area contributed by atoms with Crippen LogP contribution in [-0.4, -0.2) is 38.3 Å². The number of sulfonamides is 1. The van der Waals surface area contributed by atoms with Gasteiger partial charge in [-0.2, -0.15) is 0 Å². The van der Waals surface area contributed by atoms with Gasteiger partial charge in [-0.25, -0.2) is 22.8 Å². The van der Waals surface area contributed by atoms with Crippen LogP contribution in [0.3, 0.4) is 0 Å². The lowest BCUT2D eigenvalue weighted by Gasteiger charge is -2.12. The van der Waals surface area contributed by atoms with E-state index in [1.165, 1.54) is 23.9 Å². The summed E-state index contributed by atoms with van der Waals surface area (Å²) in [5, 5.41) is 0.653. The van der Waals surface area contributed by atoms with Gasteiger partial charge in [-0.3, -0.25) is 9.52 Å². The smallest absolute Gasteiger partial charge is 0.274 e. The van der Waals surface area contributed by atoms with Crippen LogP contribution in [0.5, 0.6) is 0 Å². The van der Waals surface area contributed by atoms with Crippen molar-refractivity contribution >= 4 is 37.8 Å². The van der Waals surface area contributed by atoms with Gasteiger partial charge < -0.3 is 14.1 Å². The molecule has 180 valence electrons. The molecule has 2 N–H and O–H groups in total. The predicted molar refractivity (Wildman–Crippen MR) is 133 cm³/mol. The van der Waals surface area contributed by atoms with E-state index in [4.69, 9.17) is 4.98 Å². The molecule has 1 aromatic carbocycles. The van der Waals surface area contributed by atoms with Gasteiger partial charge in [-0.15, -0.1) is 0 Å². The zero-order chi connectivity index (χ0) is 24.9. The van der Waals surface area contributed by atoms with Crippen LogP contribution in [0, 0.1) is 12.7 Å². The summed E-state index contributed by atoms with van der Waals surface area (Å²) in [6.07, 6.45) is 4.84. The predicted octanol–water partition coefficient (Wildman–Crippen LogP) is 3.54. The first-order chi connectivity index (χ1) is 16.7. The van der Waals surface area contributed by atoms with Crippen LogP contribution >= 0.6 is 0 Å². The van der Waals surface area contributed by atoms with E-state index in [1.54, 1.807) is 48.3 Å². The normalized spacial score (nSPS) is 12.0. The third-order valence-corrected chi connectivity index (χ3v) is 7.22. The number of aromatic amines is 1. The Labute approximate surface area is 200 Å². The number of aromatic nitrogens is 5. The van der Waals surface area contributed by atoms with Crippen molar-refractivity contribution in [1.82, 2.24) is 24.1 Å². The van der Waals surface area contributed by atoms with E-state index in [0.717, 1.165) is 5.56 Å². The number of hydrogen-bond donors (Lipinski definition) is 2. The van der Waals surface area contributed by atoms with Crippen LogP contribution in [0.25, 0.3) is 33.3 Å². The van der Waals surface area contributed by atoms with Crippen molar-refractivity contribution in [3.63, 3.8) is 0 Å². The lowest BCUT2D eigenvalue weighted by Crippen LogP contribution is -2.17. The minimum absolute atomic E-state index is 0.122. The van der Waals surface area contributed by atoms with Crippen molar-refractivity contribution in [1.29, 1.82) is 0 Å². The number of benzene rings is 1. The van der Waals surface area contributed by atoms with Crippen molar-refractivity contribution < 1.29 is 12.8 Å². The Hall–Kier alpha value is -3.99. The summed E-state index contributed by atoms with van der Waals surface area (Å²) in [5.74, 6) is -0.476. The molecule has 4 heterocycles. The van der Waals surface area contributed by atoms with Crippen LogP contribution in [0.4, 0.5) is 10.1 Å². The van der Waals surface area contributed by atoms with E-state index in [2.05, 4.69) is 14.7 Å². The second kappa shape index (κ2) is 8.35. The molecule has 9 nitrogen and oxygen atoms in total. The molecule has 0 fully saturated rings. The fraction of sp³-hybridized carbons (Fsp3) is 0.208.